The van der Waals surface area contributed by atoms with Gasteiger partial charge in [-0.2, -0.15) is 5.10 Å². The molecule has 4 rings (SSSR count). The average Bonchev–Trinajstić information content (AvgIpc) is 3.22. The van der Waals surface area contributed by atoms with Gasteiger partial charge in [0.2, 0.25) is 0 Å². The lowest BCUT2D eigenvalue weighted by Crippen LogP contribution is -2.41. The van der Waals surface area contributed by atoms with Crippen molar-refractivity contribution in [2.45, 2.75) is 38.9 Å². The van der Waals surface area contributed by atoms with E-state index in [0.29, 0.717) is 6.04 Å². The van der Waals surface area contributed by atoms with Crippen molar-refractivity contribution in [2.75, 3.05) is 26.3 Å². The highest BCUT2D eigenvalue weighted by Crippen LogP contribution is 2.28. The van der Waals surface area contributed by atoms with Crippen molar-refractivity contribution in [3.63, 3.8) is 0 Å². The topological polar surface area (TPSA) is 61.0 Å². The Kier molecular flexibility index (Phi) is 4.13. The van der Waals surface area contributed by atoms with E-state index in [-0.39, 0.29) is 0 Å². The van der Waals surface area contributed by atoms with Crippen molar-refractivity contribution < 1.29 is 4.74 Å². The highest BCUT2D eigenvalue weighted by Gasteiger charge is 2.29. The van der Waals surface area contributed by atoms with Crippen LogP contribution >= 0.6 is 0 Å². The first-order valence-electron chi connectivity index (χ1n) is 8.50. The Balaban J connectivity index is 1.46. The molecule has 1 unspecified atom stereocenters. The van der Waals surface area contributed by atoms with Crippen molar-refractivity contribution in [1.29, 1.82) is 0 Å². The van der Waals surface area contributed by atoms with Crippen LogP contribution in [-0.4, -0.2) is 55.5 Å². The van der Waals surface area contributed by atoms with Crippen molar-refractivity contribution in [3.05, 3.63) is 30.4 Å². The minimum Gasteiger partial charge on any atom is -0.381 e. The molecular weight excluding hydrogens is 292 g/mol. The van der Waals surface area contributed by atoms with Crippen molar-refractivity contribution in [3.8, 4) is 0 Å². The lowest BCUT2D eigenvalue weighted by molar-refractivity contribution is 0.0409. The van der Waals surface area contributed by atoms with E-state index in [1.807, 2.05) is 10.9 Å². The van der Waals surface area contributed by atoms with Crippen LogP contribution in [0.4, 0.5) is 0 Å². The van der Waals surface area contributed by atoms with Gasteiger partial charge in [-0.05, 0) is 25.7 Å². The van der Waals surface area contributed by atoms with E-state index >= 15 is 0 Å². The number of aromatic nitrogens is 5. The molecule has 1 atom stereocenters. The van der Waals surface area contributed by atoms with Gasteiger partial charge in [0.05, 0.1) is 24.5 Å². The molecule has 0 bridgehead atoms. The predicted molar refractivity (Wildman–Crippen MR) is 84.9 cm³/mol. The van der Waals surface area contributed by atoms with Crippen molar-refractivity contribution in [1.82, 2.24) is 29.2 Å². The zero-order valence-corrected chi connectivity index (χ0v) is 13.6. The largest absolute Gasteiger partial charge is 0.381 e. The van der Waals surface area contributed by atoms with E-state index in [4.69, 9.17) is 9.72 Å². The van der Waals surface area contributed by atoms with Gasteiger partial charge in [-0.1, -0.05) is 0 Å². The summed E-state index contributed by atoms with van der Waals surface area (Å²) >= 11 is 0. The molecule has 124 valence electrons. The molecule has 7 heteroatoms. The maximum absolute atomic E-state index is 5.48. The third-order valence-electron chi connectivity index (χ3n) is 5.13. The first-order valence-corrected chi connectivity index (χ1v) is 8.50. The molecule has 1 fully saturated rings. The fourth-order valence-electron chi connectivity index (χ4n) is 3.72. The second-order valence-corrected chi connectivity index (χ2v) is 6.58. The van der Waals surface area contributed by atoms with E-state index in [1.54, 1.807) is 12.7 Å². The fourth-order valence-corrected chi connectivity index (χ4v) is 3.72. The molecule has 2 aliphatic heterocycles. The molecule has 2 aliphatic rings. The molecule has 2 aromatic rings. The van der Waals surface area contributed by atoms with Crippen LogP contribution < -0.4 is 0 Å². The van der Waals surface area contributed by atoms with Gasteiger partial charge in [-0.25, -0.2) is 14.6 Å². The Hall–Kier alpha value is -1.73. The summed E-state index contributed by atoms with van der Waals surface area (Å²) in [7, 11) is 0. The Bertz CT molecular complexity index is 631. The summed E-state index contributed by atoms with van der Waals surface area (Å²) in [6.45, 7) is 8.11. The summed E-state index contributed by atoms with van der Waals surface area (Å²) < 4.78 is 9.68. The molecule has 0 spiro atoms. The van der Waals surface area contributed by atoms with Gasteiger partial charge >= 0.3 is 0 Å². The van der Waals surface area contributed by atoms with Gasteiger partial charge in [-0.15, -0.1) is 0 Å². The number of ether oxygens (including phenoxy) is 1. The number of hydrogen-bond donors (Lipinski definition) is 0. The van der Waals surface area contributed by atoms with E-state index in [0.717, 1.165) is 45.3 Å². The van der Waals surface area contributed by atoms with Crippen LogP contribution in [0.5, 0.6) is 0 Å². The van der Waals surface area contributed by atoms with Gasteiger partial charge in [0.1, 0.15) is 18.5 Å². The van der Waals surface area contributed by atoms with Gasteiger partial charge in [0.15, 0.2) is 0 Å². The SMILES string of the molecule is CC1c2ncc(Cn3cncn3)n2CCN1CC1CCOCC1. The number of rotatable bonds is 4. The first kappa shape index (κ1) is 14.8. The van der Waals surface area contributed by atoms with Crippen LogP contribution in [0.2, 0.25) is 0 Å². The van der Waals surface area contributed by atoms with Crippen LogP contribution in [0.25, 0.3) is 0 Å². The van der Waals surface area contributed by atoms with E-state index in [2.05, 4.69) is 26.5 Å². The molecule has 4 heterocycles. The fraction of sp³-hybridized carbons (Fsp3) is 0.688. The highest BCUT2D eigenvalue weighted by atomic mass is 16.5. The molecule has 0 aliphatic carbocycles. The Labute approximate surface area is 136 Å². The molecule has 0 radical (unpaired) electrons. The van der Waals surface area contributed by atoms with Crippen LogP contribution in [0, 0.1) is 5.92 Å². The summed E-state index contributed by atoms with van der Waals surface area (Å²) in [4.78, 5) is 11.3. The summed E-state index contributed by atoms with van der Waals surface area (Å²) in [5.41, 5.74) is 1.21. The zero-order valence-electron chi connectivity index (χ0n) is 13.6. The maximum Gasteiger partial charge on any atom is 0.137 e. The normalized spacial score (nSPS) is 23.1. The number of fused-ring (bicyclic) bond motifs is 1. The monoisotopic (exact) mass is 316 g/mol. The smallest absolute Gasteiger partial charge is 0.137 e. The molecular formula is C16H24N6O. The average molecular weight is 316 g/mol. The number of nitrogens with zero attached hydrogens (tertiary/aromatic N) is 6. The molecule has 2 aromatic heterocycles. The summed E-state index contributed by atoms with van der Waals surface area (Å²) in [6, 6.07) is 0.371. The van der Waals surface area contributed by atoms with Crippen LogP contribution in [0.1, 0.15) is 37.3 Å². The van der Waals surface area contributed by atoms with E-state index in [9.17, 15) is 0 Å². The zero-order chi connectivity index (χ0) is 15.6. The minimum absolute atomic E-state index is 0.371. The quantitative estimate of drug-likeness (QED) is 0.851. The second-order valence-electron chi connectivity index (χ2n) is 6.58. The van der Waals surface area contributed by atoms with Gasteiger partial charge < -0.3 is 9.30 Å². The highest BCUT2D eigenvalue weighted by molar-refractivity contribution is 5.11. The molecule has 0 N–H and O–H groups in total. The molecule has 0 aromatic carbocycles. The summed E-state index contributed by atoms with van der Waals surface area (Å²) in [5.74, 6) is 1.95. The number of imidazole rings is 1. The molecule has 7 nitrogen and oxygen atoms in total. The Morgan fingerprint density at radius 1 is 1.26 bits per heavy atom. The lowest BCUT2D eigenvalue weighted by atomic mass is 9.98. The summed E-state index contributed by atoms with van der Waals surface area (Å²) in [5, 5.41) is 4.19. The molecule has 23 heavy (non-hydrogen) atoms. The lowest BCUT2D eigenvalue weighted by Gasteiger charge is -2.37. The van der Waals surface area contributed by atoms with Crippen molar-refractivity contribution >= 4 is 0 Å². The van der Waals surface area contributed by atoms with Crippen LogP contribution in [0.3, 0.4) is 0 Å². The van der Waals surface area contributed by atoms with E-state index in [1.165, 1.54) is 24.4 Å². The third-order valence-corrected chi connectivity index (χ3v) is 5.13. The van der Waals surface area contributed by atoms with E-state index < -0.39 is 0 Å². The third kappa shape index (κ3) is 3.03. The first-order chi connectivity index (χ1) is 11.3. The predicted octanol–water partition coefficient (Wildman–Crippen LogP) is 1.33. The van der Waals surface area contributed by atoms with Gasteiger partial charge in [0.25, 0.3) is 0 Å². The van der Waals surface area contributed by atoms with Gasteiger partial charge in [-0.3, -0.25) is 4.90 Å². The van der Waals surface area contributed by atoms with Crippen LogP contribution in [-0.2, 0) is 17.8 Å². The Morgan fingerprint density at radius 3 is 2.91 bits per heavy atom. The minimum atomic E-state index is 0.371. The van der Waals surface area contributed by atoms with Crippen LogP contribution in [0.15, 0.2) is 18.9 Å². The molecule has 1 saturated heterocycles. The standard InChI is InChI=1S/C16H24N6O/c1-13-16-18-8-15(10-21-12-17-11-19-21)22(16)5-4-20(13)9-14-2-6-23-7-3-14/h8,11-14H,2-7,9-10H2,1H3. The summed E-state index contributed by atoms with van der Waals surface area (Å²) in [6.07, 6.45) is 7.70. The Morgan fingerprint density at radius 2 is 2.13 bits per heavy atom. The molecule has 0 amide bonds. The molecule has 0 saturated carbocycles. The maximum atomic E-state index is 5.48. The number of hydrogen-bond acceptors (Lipinski definition) is 5. The van der Waals surface area contributed by atoms with Crippen molar-refractivity contribution in [2.24, 2.45) is 5.92 Å². The second kappa shape index (κ2) is 6.41. The van der Waals surface area contributed by atoms with Gasteiger partial charge in [0, 0.05) is 32.8 Å².